The molecule has 16 heavy (non-hydrogen) atoms. The van der Waals surface area contributed by atoms with Crippen LogP contribution in [0.1, 0.15) is 38.4 Å². The Morgan fingerprint density at radius 3 is 3.06 bits per heavy atom. The van der Waals surface area contributed by atoms with Crippen LogP contribution in [0.15, 0.2) is 6.33 Å². The quantitative estimate of drug-likeness (QED) is 0.790. The monoisotopic (exact) mass is 224 g/mol. The molecule has 0 aliphatic heterocycles. The van der Waals surface area contributed by atoms with Crippen molar-refractivity contribution in [3.8, 4) is 0 Å². The lowest BCUT2D eigenvalue weighted by Crippen LogP contribution is -2.42. The molecule has 1 aliphatic carbocycles. The molecular weight excluding hydrogens is 204 g/mol. The van der Waals surface area contributed by atoms with Crippen molar-refractivity contribution in [1.82, 2.24) is 20.1 Å². The molecule has 0 aromatic carbocycles. The summed E-state index contributed by atoms with van der Waals surface area (Å²) in [5, 5.41) is 17.3. The lowest BCUT2D eigenvalue weighted by atomic mass is 9.93. The summed E-state index contributed by atoms with van der Waals surface area (Å²) < 4.78 is 1.88. The second kappa shape index (κ2) is 5.41. The van der Waals surface area contributed by atoms with Gasteiger partial charge in [0.25, 0.3) is 0 Å². The lowest BCUT2D eigenvalue weighted by molar-refractivity contribution is 0.0897. The maximum atomic E-state index is 9.82. The van der Waals surface area contributed by atoms with Gasteiger partial charge in [-0.3, -0.25) is 0 Å². The molecule has 0 saturated heterocycles. The second-order valence-electron chi connectivity index (χ2n) is 4.33. The van der Waals surface area contributed by atoms with E-state index >= 15 is 0 Å². The predicted octanol–water partition coefficient (Wildman–Crippen LogP) is 0.691. The summed E-state index contributed by atoms with van der Waals surface area (Å²) in [6.07, 6.45) is 5.70. The van der Waals surface area contributed by atoms with Crippen LogP contribution in [0.4, 0.5) is 0 Å². The van der Waals surface area contributed by atoms with Gasteiger partial charge in [-0.05, 0) is 19.8 Å². The summed E-state index contributed by atoms with van der Waals surface area (Å²) >= 11 is 0. The van der Waals surface area contributed by atoms with E-state index in [0.29, 0.717) is 6.54 Å². The van der Waals surface area contributed by atoms with Crippen LogP contribution in [0.25, 0.3) is 0 Å². The van der Waals surface area contributed by atoms with E-state index in [-0.39, 0.29) is 12.1 Å². The van der Waals surface area contributed by atoms with E-state index in [2.05, 4.69) is 15.4 Å². The van der Waals surface area contributed by atoms with Crippen LogP contribution in [0, 0.1) is 0 Å². The minimum atomic E-state index is -0.202. The maximum absolute atomic E-state index is 9.82. The topological polar surface area (TPSA) is 63.0 Å². The van der Waals surface area contributed by atoms with Crippen molar-refractivity contribution in [2.45, 2.75) is 57.8 Å². The number of aryl methyl sites for hydroxylation is 1. The van der Waals surface area contributed by atoms with Gasteiger partial charge in [0.2, 0.25) is 0 Å². The standard InChI is InChI=1S/C11H20N4O/c1-2-15-11(13-8-14-15)7-12-9-5-3-4-6-10(9)16/h8-10,12,16H,2-7H2,1H3. The zero-order valence-electron chi connectivity index (χ0n) is 9.76. The Kier molecular flexibility index (Phi) is 3.90. The van der Waals surface area contributed by atoms with Crippen molar-refractivity contribution in [3.05, 3.63) is 12.2 Å². The Labute approximate surface area is 95.9 Å². The molecule has 1 aromatic heterocycles. The van der Waals surface area contributed by atoms with Gasteiger partial charge in [0.15, 0.2) is 0 Å². The molecule has 2 unspecified atom stereocenters. The zero-order chi connectivity index (χ0) is 11.4. The Balaban J connectivity index is 1.86. The van der Waals surface area contributed by atoms with Crippen molar-refractivity contribution < 1.29 is 5.11 Å². The smallest absolute Gasteiger partial charge is 0.140 e. The fraction of sp³-hybridized carbons (Fsp3) is 0.818. The molecule has 0 bridgehead atoms. The Morgan fingerprint density at radius 2 is 2.31 bits per heavy atom. The third kappa shape index (κ3) is 2.59. The fourth-order valence-electron chi connectivity index (χ4n) is 2.26. The Bertz CT molecular complexity index is 326. The first-order valence-corrected chi connectivity index (χ1v) is 6.09. The maximum Gasteiger partial charge on any atom is 0.140 e. The van der Waals surface area contributed by atoms with Crippen molar-refractivity contribution in [2.24, 2.45) is 0 Å². The summed E-state index contributed by atoms with van der Waals surface area (Å²) in [6, 6.07) is 0.218. The van der Waals surface area contributed by atoms with Gasteiger partial charge in [-0.15, -0.1) is 0 Å². The Hall–Kier alpha value is -0.940. The molecule has 1 heterocycles. The molecular formula is C11H20N4O. The van der Waals surface area contributed by atoms with Crippen molar-refractivity contribution >= 4 is 0 Å². The van der Waals surface area contributed by atoms with E-state index in [1.165, 1.54) is 6.42 Å². The summed E-state index contributed by atoms with van der Waals surface area (Å²) in [6.45, 7) is 3.58. The molecule has 5 heteroatoms. The van der Waals surface area contributed by atoms with E-state index in [0.717, 1.165) is 31.6 Å². The molecule has 2 atom stereocenters. The SMILES string of the molecule is CCn1ncnc1CNC1CCCCC1O. The van der Waals surface area contributed by atoms with E-state index < -0.39 is 0 Å². The van der Waals surface area contributed by atoms with E-state index in [4.69, 9.17) is 0 Å². The molecule has 90 valence electrons. The van der Waals surface area contributed by atoms with Crippen LogP contribution in [0.5, 0.6) is 0 Å². The van der Waals surface area contributed by atoms with Gasteiger partial charge in [-0.2, -0.15) is 5.10 Å². The highest BCUT2D eigenvalue weighted by atomic mass is 16.3. The predicted molar refractivity (Wildman–Crippen MR) is 60.8 cm³/mol. The van der Waals surface area contributed by atoms with Gasteiger partial charge in [-0.1, -0.05) is 12.8 Å². The number of nitrogens with one attached hydrogen (secondary N) is 1. The highest BCUT2D eigenvalue weighted by molar-refractivity contribution is 4.87. The molecule has 2 N–H and O–H groups in total. The van der Waals surface area contributed by atoms with Crippen LogP contribution in [-0.2, 0) is 13.1 Å². The van der Waals surface area contributed by atoms with Crippen molar-refractivity contribution in [2.75, 3.05) is 0 Å². The number of hydrogen-bond donors (Lipinski definition) is 2. The van der Waals surface area contributed by atoms with E-state index in [1.54, 1.807) is 6.33 Å². The average molecular weight is 224 g/mol. The summed E-state index contributed by atoms with van der Waals surface area (Å²) in [4.78, 5) is 4.20. The normalized spacial score (nSPS) is 25.9. The number of hydrogen-bond acceptors (Lipinski definition) is 4. The van der Waals surface area contributed by atoms with Crippen LogP contribution in [0.2, 0.25) is 0 Å². The van der Waals surface area contributed by atoms with Gasteiger partial charge in [0, 0.05) is 12.6 Å². The van der Waals surface area contributed by atoms with Crippen LogP contribution < -0.4 is 5.32 Å². The second-order valence-corrected chi connectivity index (χ2v) is 4.33. The molecule has 1 aromatic rings. The lowest BCUT2D eigenvalue weighted by Gasteiger charge is -2.28. The minimum Gasteiger partial charge on any atom is -0.392 e. The third-order valence-electron chi connectivity index (χ3n) is 3.25. The van der Waals surface area contributed by atoms with Gasteiger partial charge in [-0.25, -0.2) is 9.67 Å². The Morgan fingerprint density at radius 1 is 1.50 bits per heavy atom. The average Bonchev–Trinajstić information content (AvgIpc) is 2.75. The van der Waals surface area contributed by atoms with Gasteiger partial charge < -0.3 is 10.4 Å². The van der Waals surface area contributed by atoms with Crippen LogP contribution in [-0.4, -0.2) is 32.0 Å². The van der Waals surface area contributed by atoms with Crippen molar-refractivity contribution in [1.29, 1.82) is 0 Å². The molecule has 2 rings (SSSR count). The summed E-state index contributed by atoms with van der Waals surface area (Å²) in [7, 11) is 0. The van der Waals surface area contributed by atoms with E-state index in [1.807, 2.05) is 11.6 Å². The number of aliphatic hydroxyl groups excluding tert-OH is 1. The van der Waals surface area contributed by atoms with Crippen LogP contribution in [0.3, 0.4) is 0 Å². The molecule has 1 saturated carbocycles. The first-order valence-electron chi connectivity index (χ1n) is 6.09. The van der Waals surface area contributed by atoms with Gasteiger partial charge in [0.05, 0.1) is 12.6 Å². The summed E-state index contributed by atoms with van der Waals surface area (Å²) in [5.74, 6) is 0.945. The molecule has 0 amide bonds. The molecule has 1 aliphatic rings. The first kappa shape index (κ1) is 11.5. The van der Waals surface area contributed by atoms with E-state index in [9.17, 15) is 5.11 Å². The zero-order valence-corrected chi connectivity index (χ0v) is 9.76. The fourth-order valence-corrected chi connectivity index (χ4v) is 2.26. The number of aliphatic hydroxyl groups is 1. The number of aromatic nitrogens is 3. The third-order valence-corrected chi connectivity index (χ3v) is 3.25. The molecule has 0 radical (unpaired) electrons. The van der Waals surface area contributed by atoms with Crippen molar-refractivity contribution in [3.63, 3.8) is 0 Å². The largest absolute Gasteiger partial charge is 0.392 e. The molecule has 0 spiro atoms. The minimum absolute atomic E-state index is 0.202. The molecule has 5 nitrogen and oxygen atoms in total. The highest BCUT2D eigenvalue weighted by Crippen LogP contribution is 2.18. The van der Waals surface area contributed by atoms with Gasteiger partial charge in [0.1, 0.15) is 12.2 Å². The number of nitrogens with zero attached hydrogens (tertiary/aromatic N) is 3. The molecule has 1 fully saturated rings. The number of rotatable bonds is 4. The van der Waals surface area contributed by atoms with Gasteiger partial charge >= 0.3 is 0 Å². The van der Waals surface area contributed by atoms with Crippen LogP contribution >= 0.6 is 0 Å². The highest BCUT2D eigenvalue weighted by Gasteiger charge is 2.22. The summed E-state index contributed by atoms with van der Waals surface area (Å²) in [5.41, 5.74) is 0. The first-order chi connectivity index (χ1) is 7.81.